The highest BCUT2D eigenvalue weighted by Crippen LogP contribution is 2.32. The Bertz CT molecular complexity index is 1560. The first-order valence-electron chi connectivity index (χ1n) is 12.8. The number of aromatic nitrogens is 2. The molecule has 5 rings (SSSR count). The van der Waals surface area contributed by atoms with Gasteiger partial charge in [-0.15, -0.1) is 0 Å². The summed E-state index contributed by atoms with van der Waals surface area (Å²) in [5.74, 6) is -0.0934. The van der Waals surface area contributed by atoms with Crippen LogP contribution in [0, 0.1) is 13.8 Å². The SMILES string of the molecule is Cc1cccc(-c2nc3ccc(C(=O)N[C@@H](C)CCc4ccccc4)cc3nc2-c2cccc(C)c2)c1. The van der Waals surface area contributed by atoms with E-state index in [0.717, 1.165) is 46.4 Å². The van der Waals surface area contributed by atoms with Crippen molar-refractivity contribution in [2.24, 2.45) is 0 Å². The molecule has 37 heavy (non-hydrogen) atoms. The molecule has 0 saturated heterocycles. The minimum absolute atomic E-state index is 0.0565. The number of hydrogen-bond acceptors (Lipinski definition) is 3. The van der Waals surface area contributed by atoms with E-state index in [1.54, 1.807) is 0 Å². The number of nitrogens with zero attached hydrogens (tertiary/aromatic N) is 2. The molecule has 1 aromatic heterocycles. The van der Waals surface area contributed by atoms with Gasteiger partial charge in [0, 0.05) is 22.7 Å². The number of benzene rings is 4. The predicted molar refractivity (Wildman–Crippen MR) is 152 cm³/mol. The van der Waals surface area contributed by atoms with E-state index in [0.29, 0.717) is 11.1 Å². The second-order valence-electron chi connectivity index (χ2n) is 9.76. The fourth-order valence-corrected chi connectivity index (χ4v) is 4.59. The summed E-state index contributed by atoms with van der Waals surface area (Å²) in [5, 5.41) is 3.14. The Hall–Kier alpha value is -4.31. The lowest BCUT2D eigenvalue weighted by molar-refractivity contribution is 0.0938. The van der Waals surface area contributed by atoms with Crippen molar-refractivity contribution in [2.45, 2.75) is 39.7 Å². The minimum atomic E-state index is -0.0934. The molecule has 4 nitrogen and oxygen atoms in total. The quantitative estimate of drug-likeness (QED) is 0.262. The van der Waals surface area contributed by atoms with E-state index < -0.39 is 0 Å². The molecule has 0 saturated carbocycles. The molecule has 4 aromatic carbocycles. The zero-order valence-electron chi connectivity index (χ0n) is 21.5. The Balaban J connectivity index is 1.46. The van der Waals surface area contributed by atoms with Gasteiger partial charge in [0.15, 0.2) is 0 Å². The van der Waals surface area contributed by atoms with E-state index in [9.17, 15) is 4.79 Å². The average molecular weight is 486 g/mol. The van der Waals surface area contributed by atoms with Crippen LogP contribution in [0.4, 0.5) is 0 Å². The van der Waals surface area contributed by atoms with Crippen molar-refractivity contribution >= 4 is 16.9 Å². The molecule has 4 heteroatoms. The van der Waals surface area contributed by atoms with Crippen molar-refractivity contribution in [1.82, 2.24) is 15.3 Å². The fourth-order valence-electron chi connectivity index (χ4n) is 4.59. The van der Waals surface area contributed by atoms with Crippen LogP contribution in [0.15, 0.2) is 97.1 Å². The first-order chi connectivity index (χ1) is 18.0. The molecule has 1 atom stereocenters. The van der Waals surface area contributed by atoms with Crippen LogP contribution in [-0.2, 0) is 6.42 Å². The number of fused-ring (bicyclic) bond motifs is 1. The molecule has 0 aliphatic rings. The first kappa shape index (κ1) is 24.4. The molecule has 0 spiro atoms. The number of amides is 1. The maximum Gasteiger partial charge on any atom is 0.251 e. The van der Waals surface area contributed by atoms with Crippen LogP contribution in [0.1, 0.15) is 40.4 Å². The van der Waals surface area contributed by atoms with E-state index in [-0.39, 0.29) is 11.9 Å². The van der Waals surface area contributed by atoms with E-state index in [1.807, 2.05) is 55.5 Å². The third kappa shape index (κ3) is 5.75. The van der Waals surface area contributed by atoms with E-state index in [1.165, 1.54) is 11.1 Å². The van der Waals surface area contributed by atoms with Crippen molar-refractivity contribution in [3.05, 3.63) is 119 Å². The van der Waals surface area contributed by atoms with Crippen molar-refractivity contribution < 1.29 is 4.79 Å². The Morgan fingerprint density at radius 3 is 1.97 bits per heavy atom. The third-order valence-corrected chi connectivity index (χ3v) is 6.60. The van der Waals surface area contributed by atoms with Crippen LogP contribution >= 0.6 is 0 Å². The lowest BCUT2D eigenvalue weighted by Gasteiger charge is -2.15. The Kier molecular flexibility index (Phi) is 7.09. The standard InChI is InChI=1S/C33H31N3O/c1-22-9-7-13-26(19-22)31-32(27-14-8-10-23(2)20-27)36-30-21-28(17-18-29(30)35-31)33(37)34-24(3)15-16-25-11-5-4-6-12-25/h4-14,17-21,24H,15-16H2,1-3H3,(H,34,37)/t24-/m0/s1. The monoisotopic (exact) mass is 485 g/mol. The molecule has 0 aliphatic heterocycles. The summed E-state index contributed by atoms with van der Waals surface area (Å²) in [6, 6.07) is 32.6. The van der Waals surface area contributed by atoms with Gasteiger partial charge >= 0.3 is 0 Å². The zero-order valence-corrected chi connectivity index (χ0v) is 21.5. The average Bonchev–Trinajstić information content (AvgIpc) is 2.91. The van der Waals surface area contributed by atoms with Gasteiger partial charge in [-0.2, -0.15) is 0 Å². The summed E-state index contributed by atoms with van der Waals surface area (Å²) >= 11 is 0. The molecule has 5 aromatic rings. The largest absolute Gasteiger partial charge is 0.350 e. The summed E-state index contributed by atoms with van der Waals surface area (Å²) in [5.41, 5.74) is 9.36. The summed E-state index contributed by atoms with van der Waals surface area (Å²) in [6.07, 6.45) is 1.80. The van der Waals surface area contributed by atoms with E-state index >= 15 is 0 Å². The fraction of sp³-hybridized carbons (Fsp3) is 0.182. The zero-order chi connectivity index (χ0) is 25.8. The summed E-state index contributed by atoms with van der Waals surface area (Å²) < 4.78 is 0. The molecule has 1 heterocycles. The van der Waals surface area contributed by atoms with E-state index in [4.69, 9.17) is 9.97 Å². The van der Waals surface area contributed by atoms with Gasteiger partial charge in [0.25, 0.3) is 5.91 Å². The van der Waals surface area contributed by atoms with Gasteiger partial charge in [-0.3, -0.25) is 4.79 Å². The Morgan fingerprint density at radius 1 is 0.730 bits per heavy atom. The van der Waals surface area contributed by atoms with E-state index in [2.05, 4.69) is 67.7 Å². The van der Waals surface area contributed by atoms with Crippen molar-refractivity contribution in [3.63, 3.8) is 0 Å². The Morgan fingerprint density at radius 2 is 1.35 bits per heavy atom. The topological polar surface area (TPSA) is 54.9 Å². The van der Waals surface area contributed by atoms with Gasteiger partial charge in [0.1, 0.15) is 0 Å². The van der Waals surface area contributed by atoms with Crippen LogP contribution in [0.5, 0.6) is 0 Å². The molecule has 1 N–H and O–H groups in total. The van der Waals surface area contributed by atoms with Crippen LogP contribution < -0.4 is 5.32 Å². The number of carbonyl (C=O) groups excluding carboxylic acids is 1. The second-order valence-corrected chi connectivity index (χ2v) is 9.76. The lowest BCUT2D eigenvalue weighted by atomic mass is 10.0. The van der Waals surface area contributed by atoms with Gasteiger partial charge in [-0.1, -0.05) is 77.9 Å². The number of carbonyl (C=O) groups is 1. The lowest BCUT2D eigenvalue weighted by Crippen LogP contribution is -2.32. The predicted octanol–water partition coefficient (Wildman–Crippen LogP) is 7.33. The molecule has 1 amide bonds. The highest BCUT2D eigenvalue weighted by molar-refractivity contribution is 5.98. The van der Waals surface area contributed by atoms with Gasteiger partial charge in [0.05, 0.1) is 22.4 Å². The Labute approximate surface area is 218 Å². The molecule has 0 radical (unpaired) electrons. The normalized spacial score (nSPS) is 11.9. The third-order valence-electron chi connectivity index (χ3n) is 6.60. The number of rotatable bonds is 7. The van der Waals surface area contributed by atoms with Gasteiger partial charge in [0.2, 0.25) is 0 Å². The smallest absolute Gasteiger partial charge is 0.251 e. The maximum atomic E-state index is 13.1. The van der Waals surface area contributed by atoms with Gasteiger partial charge in [-0.25, -0.2) is 9.97 Å². The highest BCUT2D eigenvalue weighted by Gasteiger charge is 2.16. The molecular formula is C33H31N3O. The molecule has 0 unspecified atom stereocenters. The van der Waals surface area contributed by atoms with Crippen LogP contribution in [0.2, 0.25) is 0 Å². The molecule has 0 bridgehead atoms. The van der Waals surface area contributed by atoms with Crippen LogP contribution in [0.25, 0.3) is 33.5 Å². The van der Waals surface area contributed by atoms with Crippen molar-refractivity contribution in [2.75, 3.05) is 0 Å². The summed E-state index contributed by atoms with van der Waals surface area (Å²) in [6.45, 7) is 6.20. The van der Waals surface area contributed by atoms with Gasteiger partial charge in [-0.05, 0) is 69.5 Å². The van der Waals surface area contributed by atoms with Gasteiger partial charge < -0.3 is 5.32 Å². The maximum absolute atomic E-state index is 13.1. The minimum Gasteiger partial charge on any atom is -0.350 e. The van der Waals surface area contributed by atoms with Crippen molar-refractivity contribution in [1.29, 1.82) is 0 Å². The summed E-state index contributed by atoms with van der Waals surface area (Å²) in [4.78, 5) is 23.1. The first-order valence-corrected chi connectivity index (χ1v) is 12.8. The van der Waals surface area contributed by atoms with Crippen LogP contribution in [0.3, 0.4) is 0 Å². The van der Waals surface area contributed by atoms with Crippen LogP contribution in [-0.4, -0.2) is 21.9 Å². The molecule has 184 valence electrons. The highest BCUT2D eigenvalue weighted by atomic mass is 16.1. The second kappa shape index (κ2) is 10.8. The molecule has 0 fully saturated rings. The molecule has 0 aliphatic carbocycles. The number of aryl methyl sites for hydroxylation is 3. The number of nitrogens with one attached hydrogen (secondary N) is 1. The van der Waals surface area contributed by atoms with Crippen molar-refractivity contribution in [3.8, 4) is 22.5 Å². The summed E-state index contributed by atoms with van der Waals surface area (Å²) in [7, 11) is 0. The number of hydrogen-bond donors (Lipinski definition) is 1. The molecular weight excluding hydrogens is 454 g/mol.